The van der Waals surface area contributed by atoms with E-state index in [1.54, 1.807) is 11.0 Å². The molecule has 7 heteroatoms. The molecule has 1 aliphatic rings. The van der Waals surface area contributed by atoms with E-state index in [2.05, 4.69) is 15.8 Å². The monoisotopic (exact) mass is 342 g/mol. The van der Waals surface area contributed by atoms with E-state index in [1.165, 1.54) is 0 Å². The molecule has 2 heterocycles. The van der Waals surface area contributed by atoms with Crippen LogP contribution in [0.25, 0.3) is 0 Å². The molecular weight excluding hydrogens is 320 g/mol. The zero-order valence-electron chi connectivity index (χ0n) is 14.6. The van der Waals surface area contributed by atoms with Crippen molar-refractivity contribution in [2.75, 3.05) is 23.3 Å². The van der Waals surface area contributed by atoms with E-state index in [0.717, 1.165) is 23.4 Å². The van der Waals surface area contributed by atoms with Crippen LogP contribution >= 0.6 is 0 Å². The number of carbonyl (C=O) groups is 2. The van der Waals surface area contributed by atoms with Crippen LogP contribution in [-0.4, -0.2) is 30.2 Å². The van der Waals surface area contributed by atoms with E-state index in [0.29, 0.717) is 18.8 Å². The summed E-state index contributed by atoms with van der Waals surface area (Å²) >= 11 is 0. The van der Waals surface area contributed by atoms with Crippen molar-refractivity contribution < 1.29 is 14.1 Å². The molecule has 3 rings (SSSR count). The molecule has 0 aliphatic carbocycles. The summed E-state index contributed by atoms with van der Waals surface area (Å²) in [6, 6.07) is 7.10. The Kier molecular flexibility index (Phi) is 4.74. The minimum atomic E-state index is -0.359. The van der Waals surface area contributed by atoms with Gasteiger partial charge in [0.1, 0.15) is 0 Å². The molecule has 0 radical (unpaired) electrons. The van der Waals surface area contributed by atoms with Crippen LogP contribution in [0.4, 0.5) is 16.2 Å². The number of fused-ring (bicyclic) bond motifs is 1. The predicted octanol–water partition coefficient (Wildman–Crippen LogP) is 3.14. The van der Waals surface area contributed by atoms with Crippen LogP contribution in [0.3, 0.4) is 0 Å². The average Bonchev–Trinajstić information content (AvgIpc) is 3.22. The summed E-state index contributed by atoms with van der Waals surface area (Å²) in [5.41, 5.74) is 3.26. The molecule has 0 bridgehead atoms. The van der Waals surface area contributed by atoms with E-state index < -0.39 is 0 Å². The van der Waals surface area contributed by atoms with Gasteiger partial charge < -0.3 is 15.2 Å². The molecular formula is C18H22N4O3. The van der Waals surface area contributed by atoms with Gasteiger partial charge in [0, 0.05) is 24.8 Å². The van der Waals surface area contributed by atoms with Gasteiger partial charge in [-0.3, -0.25) is 9.69 Å². The summed E-state index contributed by atoms with van der Waals surface area (Å²) < 4.78 is 5.11. The van der Waals surface area contributed by atoms with Crippen LogP contribution in [0.1, 0.15) is 48.5 Å². The van der Waals surface area contributed by atoms with E-state index in [9.17, 15) is 9.59 Å². The third-order valence-electron chi connectivity index (χ3n) is 4.16. The second-order valence-corrected chi connectivity index (χ2v) is 6.31. The Balaban J connectivity index is 1.76. The summed E-state index contributed by atoms with van der Waals surface area (Å²) in [4.78, 5) is 26.2. The molecule has 0 saturated carbocycles. The van der Waals surface area contributed by atoms with Gasteiger partial charge in [-0.1, -0.05) is 25.1 Å². The number of nitrogens with zero attached hydrogens (tertiary/aromatic N) is 2. The number of benzene rings is 1. The van der Waals surface area contributed by atoms with Crippen LogP contribution in [0.5, 0.6) is 0 Å². The normalized spacial score (nSPS) is 13.0. The number of urea groups is 1. The maximum absolute atomic E-state index is 12.3. The van der Waals surface area contributed by atoms with Crippen LogP contribution < -0.4 is 15.5 Å². The number of nitrogens with one attached hydrogen (secondary N) is 2. The molecule has 0 atom stereocenters. The maximum atomic E-state index is 12.3. The fraction of sp³-hybridized carbons (Fsp3) is 0.389. The first-order chi connectivity index (χ1) is 12.0. The first kappa shape index (κ1) is 17.0. The van der Waals surface area contributed by atoms with Gasteiger partial charge in [-0.15, -0.1) is 0 Å². The average molecular weight is 342 g/mol. The van der Waals surface area contributed by atoms with Gasteiger partial charge in [0.2, 0.25) is 5.76 Å². The third-order valence-corrected chi connectivity index (χ3v) is 4.16. The number of hydrogen-bond donors (Lipinski definition) is 2. The molecule has 25 heavy (non-hydrogen) atoms. The Morgan fingerprint density at radius 3 is 2.80 bits per heavy atom. The molecule has 1 aromatic carbocycles. The summed E-state index contributed by atoms with van der Waals surface area (Å²) in [7, 11) is 0. The van der Waals surface area contributed by atoms with E-state index in [1.807, 2.05) is 39.0 Å². The van der Waals surface area contributed by atoms with E-state index in [4.69, 9.17) is 4.52 Å². The predicted molar refractivity (Wildman–Crippen MR) is 95.1 cm³/mol. The Morgan fingerprint density at radius 2 is 2.12 bits per heavy atom. The third kappa shape index (κ3) is 3.50. The van der Waals surface area contributed by atoms with Crippen molar-refractivity contribution in [3.8, 4) is 0 Å². The van der Waals surface area contributed by atoms with Crippen molar-refractivity contribution in [3.05, 3.63) is 41.3 Å². The number of hydrogen-bond acceptors (Lipinski definition) is 4. The zero-order valence-corrected chi connectivity index (χ0v) is 14.6. The summed E-state index contributed by atoms with van der Waals surface area (Å²) in [5, 5.41) is 9.50. The van der Waals surface area contributed by atoms with Crippen LogP contribution in [-0.2, 0) is 6.42 Å². The van der Waals surface area contributed by atoms with Gasteiger partial charge in [-0.2, -0.15) is 0 Å². The summed E-state index contributed by atoms with van der Waals surface area (Å²) in [6.07, 6.45) is 0.806. The zero-order chi connectivity index (χ0) is 18.0. The highest BCUT2D eigenvalue weighted by molar-refractivity contribution is 6.03. The second-order valence-electron chi connectivity index (χ2n) is 6.31. The summed E-state index contributed by atoms with van der Waals surface area (Å²) in [6.45, 7) is 7.06. The summed E-state index contributed by atoms with van der Waals surface area (Å²) in [5.74, 6) is 0.00242. The molecule has 132 valence electrons. The van der Waals surface area contributed by atoms with E-state index in [-0.39, 0.29) is 23.6 Å². The fourth-order valence-electron chi connectivity index (χ4n) is 2.78. The lowest BCUT2D eigenvalue weighted by molar-refractivity contribution is 0.0987. The molecule has 1 aromatic heterocycles. The van der Waals surface area contributed by atoms with Crippen LogP contribution in [0.15, 0.2) is 28.8 Å². The highest BCUT2D eigenvalue weighted by Crippen LogP contribution is 2.31. The largest absolute Gasteiger partial charge is 0.351 e. The van der Waals surface area contributed by atoms with Crippen molar-refractivity contribution in [1.29, 1.82) is 0 Å². The van der Waals surface area contributed by atoms with Crippen LogP contribution in [0.2, 0.25) is 0 Å². The highest BCUT2D eigenvalue weighted by Gasteiger charge is 2.25. The van der Waals surface area contributed by atoms with Crippen molar-refractivity contribution in [3.63, 3.8) is 0 Å². The van der Waals surface area contributed by atoms with Crippen molar-refractivity contribution in [2.45, 2.75) is 33.1 Å². The Morgan fingerprint density at radius 1 is 1.32 bits per heavy atom. The molecule has 0 fully saturated rings. The van der Waals surface area contributed by atoms with Crippen molar-refractivity contribution >= 4 is 23.3 Å². The van der Waals surface area contributed by atoms with Gasteiger partial charge in [-0.05, 0) is 37.0 Å². The minimum absolute atomic E-state index is 0.124. The first-order valence-corrected chi connectivity index (χ1v) is 8.45. The van der Waals surface area contributed by atoms with Gasteiger partial charge in [0.25, 0.3) is 5.91 Å². The molecule has 0 unspecified atom stereocenters. The fourth-order valence-corrected chi connectivity index (χ4v) is 2.78. The lowest BCUT2D eigenvalue weighted by atomic mass is 10.1. The number of aromatic nitrogens is 1. The van der Waals surface area contributed by atoms with Gasteiger partial charge in [-0.25, -0.2) is 4.79 Å². The number of anilines is 2. The molecule has 3 amide bonds. The maximum Gasteiger partial charge on any atom is 0.321 e. The lowest BCUT2D eigenvalue weighted by Gasteiger charge is -2.18. The smallest absolute Gasteiger partial charge is 0.321 e. The molecule has 0 saturated heterocycles. The standard InChI is InChI=1S/C18H22N4O3/c1-4-19-18(24)22-8-7-12-5-6-13(9-15(12)22)20-17(23)16-10-14(11(2)3)21-25-16/h5-6,9-11H,4,7-8H2,1-3H3,(H,19,24)(H,20,23). The van der Waals surface area contributed by atoms with Crippen molar-refractivity contribution in [1.82, 2.24) is 10.5 Å². The van der Waals surface area contributed by atoms with Gasteiger partial charge >= 0.3 is 6.03 Å². The van der Waals surface area contributed by atoms with Gasteiger partial charge in [0.15, 0.2) is 0 Å². The lowest BCUT2D eigenvalue weighted by Crippen LogP contribution is -2.38. The number of carbonyl (C=O) groups excluding carboxylic acids is 2. The Bertz CT molecular complexity index is 797. The second kappa shape index (κ2) is 6.96. The van der Waals surface area contributed by atoms with Gasteiger partial charge in [0.05, 0.1) is 11.4 Å². The van der Waals surface area contributed by atoms with Crippen LogP contribution in [0, 0.1) is 0 Å². The highest BCUT2D eigenvalue weighted by atomic mass is 16.5. The molecule has 2 N–H and O–H groups in total. The van der Waals surface area contributed by atoms with Crippen molar-refractivity contribution in [2.24, 2.45) is 0 Å². The first-order valence-electron chi connectivity index (χ1n) is 8.45. The molecule has 1 aliphatic heterocycles. The SMILES string of the molecule is CCNC(=O)N1CCc2ccc(NC(=O)c3cc(C(C)C)no3)cc21. The quantitative estimate of drug-likeness (QED) is 0.893. The minimum Gasteiger partial charge on any atom is -0.351 e. The van der Waals surface area contributed by atoms with E-state index >= 15 is 0 Å². The Labute approximate surface area is 146 Å². The Hall–Kier alpha value is -2.83. The molecule has 7 nitrogen and oxygen atoms in total. The molecule has 2 aromatic rings. The number of rotatable bonds is 4. The number of amides is 3. The topological polar surface area (TPSA) is 87.5 Å². The molecule has 0 spiro atoms.